The van der Waals surface area contributed by atoms with Gasteiger partial charge < -0.3 is 4.74 Å². The molecular weight excluding hydrogens is 306 g/mol. The van der Waals surface area contributed by atoms with Crippen molar-refractivity contribution in [1.29, 1.82) is 0 Å². The maximum atomic E-state index is 11.9. The number of nitro groups is 1. The third-order valence-corrected chi connectivity index (χ3v) is 3.72. The number of nitrogens with zero attached hydrogens (tertiary/aromatic N) is 1. The predicted molar refractivity (Wildman–Crippen MR) is 91.7 cm³/mol. The van der Waals surface area contributed by atoms with Crippen LogP contribution in [-0.2, 0) is 28.0 Å². The van der Waals surface area contributed by atoms with Crippen molar-refractivity contribution in [2.75, 3.05) is 0 Å². The van der Waals surface area contributed by atoms with Gasteiger partial charge in [0.15, 0.2) is 0 Å². The Morgan fingerprint density at radius 1 is 1.00 bits per heavy atom. The van der Waals surface area contributed by atoms with Gasteiger partial charge >= 0.3 is 5.97 Å². The molecule has 0 radical (unpaired) electrons. The third kappa shape index (κ3) is 4.91. The van der Waals surface area contributed by atoms with Crippen molar-refractivity contribution in [1.82, 2.24) is 0 Å². The molecule has 0 aromatic heterocycles. The quantitative estimate of drug-likeness (QED) is 0.469. The van der Waals surface area contributed by atoms with Gasteiger partial charge in [0.2, 0.25) is 0 Å². The molecule has 0 N–H and O–H groups in total. The molecule has 0 spiro atoms. The number of esters is 1. The number of carbonyl (C=O) groups excluding carboxylic acids is 1. The molecule has 0 aliphatic heterocycles. The molecular formula is C19H21NO4. The summed E-state index contributed by atoms with van der Waals surface area (Å²) in [5.74, 6) is -0.358. The molecule has 0 bridgehead atoms. The summed E-state index contributed by atoms with van der Waals surface area (Å²) >= 11 is 0. The second-order valence-electron chi connectivity index (χ2n) is 6.71. The Morgan fingerprint density at radius 3 is 2.04 bits per heavy atom. The molecule has 0 unspecified atom stereocenters. The topological polar surface area (TPSA) is 69.4 Å². The number of benzene rings is 2. The van der Waals surface area contributed by atoms with Gasteiger partial charge in [-0.2, -0.15) is 0 Å². The number of ether oxygens (including phenoxy) is 1. The molecule has 2 rings (SSSR count). The highest BCUT2D eigenvalue weighted by Crippen LogP contribution is 2.22. The second-order valence-corrected chi connectivity index (χ2v) is 6.71. The number of non-ortho nitro benzene ring substituents is 1. The van der Waals surface area contributed by atoms with Gasteiger partial charge in [0.25, 0.3) is 5.69 Å². The first kappa shape index (κ1) is 17.7. The Morgan fingerprint density at radius 2 is 1.54 bits per heavy atom. The lowest BCUT2D eigenvalue weighted by Gasteiger charge is -2.19. The molecule has 126 valence electrons. The zero-order valence-electron chi connectivity index (χ0n) is 14.1. The summed E-state index contributed by atoms with van der Waals surface area (Å²) in [4.78, 5) is 22.0. The zero-order valence-corrected chi connectivity index (χ0v) is 14.1. The van der Waals surface area contributed by atoms with Gasteiger partial charge in [0.1, 0.15) is 6.61 Å². The van der Waals surface area contributed by atoms with E-state index >= 15 is 0 Å². The predicted octanol–water partition coefficient (Wildman–Crippen LogP) is 4.18. The Kier molecular flexibility index (Phi) is 5.34. The van der Waals surface area contributed by atoms with E-state index in [2.05, 4.69) is 20.8 Å². The highest BCUT2D eigenvalue weighted by Gasteiger charge is 2.13. The van der Waals surface area contributed by atoms with Gasteiger partial charge in [0.05, 0.1) is 11.3 Å². The van der Waals surface area contributed by atoms with Crippen LogP contribution in [0.4, 0.5) is 5.69 Å². The largest absolute Gasteiger partial charge is 0.461 e. The van der Waals surface area contributed by atoms with E-state index in [4.69, 9.17) is 4.74 Å². The molecule has 0 atom stereocenters. The van der Waals surface area contributed by atoms with Crippen LogP contribution in [0.1, 0.15) is 37.5 Å². The lowest BCUT2D eigenvalue weighted by Crippen LogP contribution is -2.11. The Balaban J connectivity index is 1.87. The van der Waals surface area contributed by atoms with Crippen LogP contribution < -0.4 is 0 Å². The van der Waals surface area contributed by atoms with E-state index in [9.17, 15) is 14.9 Å². The number of carbonyl (C=O) groups is 1. The molecule has 24 heavy (non-hydrogen) atoms. The average molecular weight is 327 g/mol. The van der Waals surface area contributed by atoms with E-state index in [-0.39, 0.29) is 30.1 Å². The van der Waals surface area contributed by atoms with Crippen LogP contribution in [-0.4, -0.2) is 10.9 Å². The smallest absolute Gasteiger partial charge is 0.310 e. The van der Waals surface area contributed by atoms with Gasteiger partial charge in [-0.05, 0) is 22.1 Å². The molecule has 0 aliphatic carbocycles. The van der Waals surface area contributed by atoms with E-state index in [1.807, 2.05) is 24.3 Å². The standard InChI is InChI=1S/C19H21NO4/c1-19(2,3)16-8-4-15(5-9-16)13-24-18(21)12-14-6-10-17(11-7-14)20(22)23/h4-11H,12-13H2,1-3H3. The summed E-state index contributed by atoms with van der Waals surface area (Å²) in [5, 5.41) is 10.6. The fraction of sp³-hybridized carbons (Fsp3) is 0.316. The van der Waals surface area contributed by atoms with Crippen LogP contribution in [0, 0.1) is 10.1 Å². The van der Waals surface area contributed by atoms with E-state index in [1.54, 1.807) is 12.1 Å². The maximum Gasteiger partial charge on any atom is 0.310 e. The second kappa shape index (κ2) is 7.25. The van der Waals surface area contributed by atoms with Gasteiger partial charge in [-0.3, -0.25) is 14.9 Å². The lowest BCUT2D eigenvalue weighted by molar-refractivity contribution is -0.384. The summed E-state index contributed by atoms with van der Waals surface area (Å²) < 4.78 is 5.26. The maximum absolute atomic E-state index is 11.9. The van der Waals surface area contributed by atoms with Crippen LogP contribution in [0.15, 0.2) is 48.5 Å². The minimum atomic E-state index is -0.469. The number of hydrogen-bond acceptors (Lipinski definition) is 4. The van der Waals surface area contributed by atoms with E-state index in [1.165, 1.54) is 17.7 Å². The fourth-order valence-electron chi connectivity index (χ4n) is 2.22. The van der Waals surface area contributed by atoms with E-state index < -0.39 is 4.92 Å². The zero-order chi connectivity index (χ0) is 17.7. The first-order valence-corrected chi connectivity index (χ1v) is 7.74. The Labute approximate surface area is 141 Å². The first-order chi connectivity index (χ1) is 11.3. The molecule has 0 saturated carbocycles. The highest BCUT2D eigenvalue weighted by molar-refractivity contribution is 5.72. The molecule has 5 heteroatoms. The first-order valence-electron chi connectivity index (χ1n) is 7.74. The normalized spacial score (nSPS) is 11.1. The van der Waals surface area contributed by atoms with Crippen molar-refractivity contribution >= 4 is 11.7 Å². The van der Waals surface area contributed by atoms with Crippen LogP contribution in [0.2, 0.25) is 0 Å². The minimum absolute atomic E-state index is 0.00561. The summed E-state index contributed by atoms with van der Waals surface area (Å²) in [7, 11) is 0. The van der Waals surface area contributed by atoms with Crippen molar-refractivity contribution in [3.8, 4) is 0 Å². The van der Waals surface area contributed by atoms with Gasteiger partial charge in [0, 0.05) is 12.1 Å². The number of rotatable bonds is 5. The monoisotopic (exact) mass is 327 g/mol. The van der Waals surface area contributed by atoms with Crippen molar-refractivity contribution < 1.29 is 14.5 Å². The summed E-state index contributed by atoms with van der Waals surface area (Å²) in [6.07, 6.45) is 0.0953. The number of nitro benzene ring substituents is 1. The van der Waals surface area contributed by atoms with Crippen molar-refractivity contribution in [2.45, 2.75) is 39.2 Å². The fourth-order valence-corrected chi connectivity index (χ4v) is 2.22. The summed E-state index contributed by atoms with van der Waals surface area (Å²) in [5.41, 5.74) is 2.94. The van der Waals surface area contributed by atoms with Crippen LogP contribution in [0.3, 0.4) is 0 Å². The third-order valence-electron chi connectivity index (χ3n) is 3.72. The Hall–Kier alpha value is -2.69. The molecule has 2 aromatic rings. The molecule has 2 aromatic carbocycles. The van der Waals surface area contributed by atoms with Crippen molar-refractivity contribution in [3.05, 3.63) is 75.3 Å². The molecule has 0 fully saturated rings. The summed E-state index contributed by atoms with van der Waals surface area (Å²) in [6.45, 7) is 6.65. The van der Waals surface area contributed by atoms with E-state index in [0.29, 0.717) is 5.56 Å². The average Bonchev–Trinajstić information content (AvgIpc) is 2.53. The van der Waals surface area contributed by atoms with Gasteiger partial charge in [-0.1, -0.05) is 57.2 Å². The van der Waals surface area contributed by atoms with Crippen LogP contribution in [0.5, 0.6) is 0 Å². The molecule has 0 heterocycles. The SMILES string of the molecule is CC(C)(C)c1ccc(COC(=O)Cc2ccc([N+](=O)[O-])cc2)cc1. The summed E-state index contributed by atoms with van der Waals surface area (Å²) in [6, 6.07) is 13.9. The molecule has 0 aliphatic rings. The van der Waals surface area contributed by atoms with Crippen LogP contribution >= 0.6 is 0 Å². The van der Waals surface area contributed by atoms with Crippen molar-refractivity contribution in [2.24, 2.45) is 0 Å². The number of hydrogen-bond donors (Lipinski definition) is 0. The molecule has 0 amide bonds. The molecule has 0 saturated heterocycles. The van der Waals surface area contributed by atoms with Gasteiger partial charge in [-0.15, -0.1) is 0 Å². The minimum Gasteiger partial charge on any atom is -0.461 e. The van der Waals surface area contributed by atoms with Crippen LogP contribution in [0.25, 0.3) is 0 Å². The van der Waals surface area contributed by atoms with E-state index in [0.717, 1.165) is 5.56 Å². The molecule has 5 nitrogen and oxygen atoms in total. The lowest BCUT2D eigenvalue weighted by atomic mass is 9.87. The van der Waals surface area contributed by atoms with Gasteiger partial charge in [-0.25, -0.2) is 0 Å². The Bertz CT molecular complexity index is 713. The highest BCUT2D eigenvalue weighted by atomic mass is 16.6. The van der Waals surface area contributed by atoms with Crippen molar-refractivity contribution in [3.63, 3.8) is 0 Å².